The van der Waals surface area contributed by atoms with Crippen LogP contribution < -0.4 is 9.64 Å². The Morgan fingerprint density at radius 3 is 2.36 bits per heavy atom. The van der Waals surface area contributed by atoms with Gasteiger partial charge in [0.15, 0.2) is 0 Å². The number of ether oxygens (including phenoxy) is 1. The number of benzene rings is 2. The molecule has 3 aromatic rings. The Hall–Kier alpha value is -3.08. The Morgan fingerprint density at radius 2 is 1.68 bits per heavy atom. The molecule has 4 rings (SSSR count). The zero-order chi connectivity index (χ0) is 19.7. The number of carbonyl (C=O) groups excluding carboxylic acids is 1. The van der Waals surface area contributed by atoms with Crippen molar-refractivity contribution in [3.05, 3.63) is 65.2 Å². The molecule has 0 atom stereocenters. The molecule has 0 spiro atoms. The van der Waals surface area contributed by atoms with Crippen LogP contribution >= 0.6 is 0 Å². The van der Waals surface area contributed by atoms with E-state index in [9.17, 15) is 4.79 Å². The first-order valence-electron chi connectivity index (χ1n) is 9.62. The molecule has 0 bridgehead atoms. The predicted octanol–water partition coefficient (Wildman–Crippen LogP) is 3.82. The summed E-state index contributed by atoms with van der Waals surface area (Å²) in [7, 11) is 1.63. The molecule has 2 aromatic carbocycles. The maximum Gasteiger partial charge on any atom is 0.253 e. The van der Waals surface area contributed by atoms with Gasteiger partial charge in [0.25, 0.3) is 5.91 Å². The molecule has 1 aromatic heterocycles. The first-order chi connectivity index (χ1) is 13.6. The van der Waals surface area contributed by atoms with Gasteiger partial charge in [-0.3, -0.25) is 4.79 Å². The van der Waals surface area contributed by atoms with Crippen molar-refractivity contribution in [1.29, 1.82) is 0 Å². The fourth-order valence-corrected chi connectivity index (χ4v) is 3.76. The lowest BCUT2D eigenvalue weighted by atomic mass is 10.1. The van der Waals surface area contributed by atoms with Gasteiger partial charge in [-0.05, 0) is 55.3 Å². The number of piperazine rings is 1. The lowest BCUT2D eigenvalue weighted by Crippen LogP contribution is -2.49. The van der Waals surface area contributed by atoms with E-state index in [1.54, 1.807) is 7.11 Å². The normalized spacial score (nSPS) is 14.4. The zero-order valence-electron chi connectivity index (χ0n) is 16.6. The lowest BCUT2D eigenvalue weighted by molar-refractivity contribution is 0.0746. The van der Waals surface area contributed by atoms with Crippen LogP contribution in [0.25, 0.3) is 10.9 Å². The van der Waals surface area contributed by atoms with Gasteiger partial charge in [-0.15, -0.1) is 0 Å². The van der Waals surface area contributed by atoms with Crippen molar-refractivity contribution < 1.29 is 9.53 Å². The van der Waals surface area contributed by atoms with E-state index < -0.39 is 0 Å². The summed E-state index contributed by atoms with van der Waals surface area (Å²) in [5.74, 6) is 1.83. The molecule has 0 radical (unpaired) electrons. The molecule has 1 amide bonds. The number of pyridine rings is 1. The van der Waals surface area contributed by atoms with Crippen LogP contribution in [-0.2, 0) is 0 Å². The maximum atomic E-state index is 12.8. The SMILES string of the molecule is COc1ccc(C(=O)N2CCN(c3cc(C)c4cccc(C)c4n3)CC2)cc1. The van der Waals surface area contributed by atoms with Gasteiger partial charge in [-0.1, -0.05) is 18.2 Å². The third kappa shape index (κ3) is 3.40. The maximum absolute atomic E-state index is 12.8. The predicted molar refractivity (Wildman–Crippen MR) is 112 cm³/mol. The summed E-state index contributed by atoms with van der Waals surface area (Å²) in [6.45, 7) is 7.19. The van der Waals surface area contributed by atoms with Crippen molar-refractivity contribution in [1.82, 2.24) is 9.88 Å². The Morgan fingerprint density at radius 1 is 0.964 bits per heavy atom. The number of aromatic nitrogens is 1. The monoisotopic (exact) mass is 375 g/mol. The number of anilines is 1. The highest BCUT2D eigenvalue weighted by Crippen LogP contribution is 2.25. The molecular formula is C23H25N3O2. The van der Waals surface area contributed by atoms with Crippen LogP contribution in [-0.4, -0.2) is 49.1 Å². The van der Waals surface area contributed by atoms with E-state index in [1.807, 2.05) is 29.2 Å². The van der Waals surface area contributed by atoms with Gasteiger partial charge in [-0.25, -0.2) is 4.98 Å². The smallest absolute Gasteiger partial charge is 0.253 e. The van der Waals surface area contributed by atoms with E-state index >= 15 is 0 Å². The second-order valence-corrected chi connectivity index (χ2v) is 7.28. The van der Waals surface area contributed by atoms with E-state index in [-0.39, 0.29) is 5.91 Å². The van der Waals surface area contributed by atoms with E-state index in [1.165, 1.54) is 16.5 Å². The number of amides is 1. The van der Waals surface area contributed by atoms with Crippen molar-refractivity contribution in [3.8, 4) is 5.75 Å². The first kappa shape index (κ1) is 18.3. The number of methoxy groups -OCH3 is 1. The van der Waals surface area contributed by atoms with Crippen molar-refractivity contribution in [2.75, 3.05) is 38.2 Å². The van der Waals surface area contributed by atoms with Gasteiger partial charge < -0.3 is 14.5 Å². The van der Waals surface area contributed by atoms with Crippen LogP contribution in [0.5, 0.6) is 5.75 Å². The van der Waals surface area contributed by atoms with Gasteiger partial charge in [-0.2, -0.15) is 0 Å². The van der Waals surface area contributed by atoms with Gasteiger partial charge in [0.05, 0.1) is 12.6 Å². The summed E-state index contributed by atoms with van der Waals surface area (Å²) in [5, 5.41) is 1.21. The molecule has 0 aliphatic carbocycles. The molecular weight excluding hydrogens is 350 g/mol. The summed E-state index contributed by atoms with van der Waals surface area (Å²) >= 11 is 0. The van der Waals surface area contributed by atoms with Crippen LogP contribution in [0.1, 0.15) is 21.5 Å². The van der Waals surface area contributed by atoms with Crippen LogP contribution in [0.15, 0.2) is 48.5 Å². The topological polar surface area (TPSA) is 45.7 Å². The van der Waals surface area contributed by atoms with Crippen molar-refractivity contribution in [3.63, 3.8) is 0 Å². The summed E-state index contributed by atoms with van der Waals surface area (Å²) in [6.07, 6.45) is 0. The Balaban J connectivity index is 1.48. The number of carbonyl (C=O) groups is 1. The molecule has 1 fully saturated rings. The van der Waals surface area contributed by atoms with Crippen LogP contribution in [0.2, 0.25) is 0 Å². The quantitative estimate of drug-likeness (QED) is 0.698. The third-order valence-corrected chi connectivity index (χ3v) is 5.46. The summed E-state index contributed by atoms with van der Waals surface area (Å²) in [6, 6.07) is 15.8. The average Bonchev–Trinajstić information content (AvgIpc) is 2.74. The van der Waals surface area contributed by atoms with Gasteiger partial charge in [0, 0.05) is 37.1 Å². The molecule has 5 nitrogen and oxygen atoms in total. The zero-order valence-corrected chi connectivity index (χ0v) is 16.6. The van der Waals surface area contributed by atoms with Crippen molar-refractivity contribution in [2.45, 2.75) is 13.8 Å². The van der Waals surface area contributed by atoms with Gasteiger partial charge >= 0.3 is 0 Å². The third-order valence-electron chi connectivity index (χ3n) is 5.46. The fourth-order valence-electron chi connectivity index (χ4n) is 3.76. The van der Waals surface area contributed by atoms with Gasteiger partial charge in [0.1, 0.15) is 11.6 Å². The molecule has 144 valence electrons. The Labute approximate surface area is 165 Å². The number of aryl methyl sites for hydroxylation is 2. The molecule has 1 saturated heterocycles. The van der Waals surface area contributed by atoms with Crippen LogP contribution in [0.3, 0.4) is 0 Å². The summed E-state index contributed by atoms with van der Waals surface area (Å²) in [5.41, 5.74) is 4.19. The number of fused-ring (bicyclic) bond motifs is 1. The molecule has 1 aliphatic heterocycles. The number of nitrogens with zero attached hydrogens (tertiary/aromatic N) is 3. The molecule has 1 aliphatic rings. The molecule has 28 heavy (non-hydrogen) atoms. The molecule has 5 heteroatoms. The molecule has 2 heterocycles. The molecule has 0 saturated carbocycles. The number of para-hydroxylation sites is 1. The van der Waals surface area contributed by atoms with Crippen LogP contribution in [0, 0.1) is 13.8 Å². The lowest BCUT2D eigenvalue weighted by Gasteiger charge is -2.35. The minimum absolute atomic E-state index is 0.0702. The van der Waals surface area contributed by atoms with Gasteiger partial charge in [0.2, 0.25) is 0 Å². The van der Waals surface area contributed by atoms with E-state index in [4.69, 9.17) is 9.72 Å². The van der Waals surface area contributed by atoms with Crippen LogP contribution in [0.4, 0.5) is 5.82 Å². The number of hydrogen-bond donors (Lipinski definition) is 0. The first-order valence-corrected chi connectivity index (χ1v) is 9.62. The highest BCUT2D eigenvalue weighted by molar-refractivity contribution is 5.94. The van der Waals surface area contributed by atoms with E-state index in [0.29, 0.717) is 18.7 Å². The summed E-state index contributed by atoms with van der Waals surface area (Å²) < 4.78 is 5.17. The molecule has 0 unspecified atom stereocenters. The molecule has 0 N–H and O–H groups in total. The van der Waals surface area contributed by atoms with Crippen molar-refractivity contribution in [2.24, 2.45) is 0 Å². The van der Waals surface area contributed by atoms with E-state index in [2.05, 4.69) is 43.0 Å². The second-order valence-electron chi connectivity index (χ2n) is 7.28. The standard InChI is InChI=1S/C23H25N3O2/c1-16-5-4-6-20-17(2)15-21(24-22(16)20)25-11-13-26(14-12-25)23(27)18-7-9-19(28-3)10-8-18/h4-10,15H,11-14H2,1-3H3. The average molecular weight is 375 g/mol. The summed E-state index contributed by atoms with van der Waals surface area (Å²) in [4.78, 5) is 21.9. The fraction of sp³-hybridized carbons (Fsp3) is 0.304. The van der Waals surface area contributed by atoms with E-state index in [0.717, 1.165) is 30.2 Å². The largest absolute Gasteiger partial charge is 0.497 e. The Bertz CT molecular complexity index is 1010. The highest BCUT2D eigenvalue weighted by Gasteiger charge is 2.23. The second kappa shape index (κ2) is 7.50. The Kier molecular flexibility index (Phi) is 4.90. The minimum atomic E-state index is 0.0702. The number of hydrogen-bond acceptors (Lipinski definition) is 4. The highest BCUT2D eigenvalue weighted by atomic mass is 16.5. The van der Waals surface area contributed by atoms with Crippen molar-refractivity contribution >= 4 is 22.6 Å². The number of rotatable bonds is 3. The minimum Gasteiger partial charge on any atom is -0.497 e.